The van der Waals surface area contributed by atoms with Gasteiger partial charge in [-0.05, 0) is 12.1 Å². The number of anilines is 1. The van der Waals surface area contributed by atoms with E-state index in [1.54, 1.807) is 0 Å². The van der Waals surface area contributed by atoms with Crippen molar-refractivity contribution in [2.45, 2.75) is 6.04 Å². The Morgan fingerprint density at radius 3 is 2.72 bits per heavy atom. The van der Waals surface area contributed by atoms with E-state index in [1.807, 2.05) is 29.9 Å². The summed E-state index contributed by atoms with van der Waals surface area (Å²) in [7, 11) is 1.96. The number of nitrogens with one attached hydrogen (secondary N) is 2. The molecule has 1 aliphatic rings. The lowest BCUT2D eigenvalue weighted by Gasteiger charge is -2.34. The summed E-state index contributed by atoms with van der Waals surface area (Å²) in [5, 5.41) is 8.63. The van der Waals surface area contributed by atoms with Gasteiger partial charge in [-0.2, -0.15) is 0 Å². The zero-order chi connectivity index (χ0) is 17.6. The number of aryl methyl sites for hydroxylation is 1. The zero-order valence-corrected chi connectivity index (χ0v) is 14.0. The summed E-state index contributed by atoms with van der Waals surface area (Å²) in [6.07, 6.45) is 3.28. The van der Waals surface area contributed by atoms with E-state index in [4.69, 9.17) is 4.74 Å². The van der Waals surface area contributed by atoms with Crippen molar-refractivity contribution in [1.82, 2.24) is 19.9 Å². The monoisotopic (exact) mass is 347 g/mol. The van der Waals surface area contributed by atoms with Crippen molar-refractivity contribution in [3.05, 3.63) is 36.4 Å². The largest absolute Gasteiger partial charge is 0.379 e. The molecular weight excluding hydrogens is 326 g/mol. The highest BCUT2D eigenvalue weighted by Gasteiger charge is 2.26. The first-order chi connectivity index (χ1) is 12.1. The van der Waals surface area contributed by atoms with E-state index in [0.29, 0.717) is 19.8 Å². The fourth-order valence-corrected chi connectivity index (χ4v) is 2.85. The predicted molar refractivity (Wildman–Crippen MR) is 88.7 cm³/mol. The first kappa shape index (κ1) is 17.2. The molecule has 9 heteroatoms. The lowest BCUT2D eigenvalue weighted by atomic mass is 10.1. The van der Waals surface area contributed by atoms with E-state index in [1.165, 1.54) is 12.3 Å². The third kappa shape index (κ3) is 4.25. The van der Waals surface area contributed by atoms with Crippen molar-refractivity contribution < 1.29 is 18.8 Å². The Kier molecular flexibility index (Phi) is 5.46. The molecule has 0 saturated carbocycles. The van der Waals surface area contributed by atoms with Gasteiger partial charge in [0.1, 0.15) is 6.26 Å². The van der Waals surface area contributed by atoms with Crippen molar-refractivity contribution >= 4 is 17.6 Å². The Labute approximate surface area is 144 Å². The highest BCUT2D eigenvalue weighted by Crippen LogP contribution is 2.21. The van der Waals surface area contributed by atoms with Crippen molar-refractivity contribution in [2.24, 2.45) is 7.05 Å². The maximum absolute atomic E-state index is 12.1. The van der Waals surface area contributed by atoms with Crippen LogP contribution >= 0.6 is 0 Å². The summed E-state index contributed by atoms with van der Waals surface area (Å²) >= 11 is 0. The normalized spacial score (nSPS) is 16.4. The number of carbonyl (C=O) groups is 2. The number of aromatic nitrogens is 2. The summed E-state index contributed by atoms with van der Waals surface area (Å²) < 4.78 is 12.0. The molecule has 9 nitrogen and oxygen atoms in total. The van der Waals surface area contributed by atoms with Crippen molar-refractivity contribution in [2.75, 3.05) is 38.2 Å². The lowest BCUT2D eigenvalue weighted by molar-refractivity contribution is -0.136. The van der Waals surface area contributed by atoms with Gasteiger partial charge < -0.3 is 19.1 Å². The fraction of sp³-hybridized carbons (Fsp3) is 0.438. The predicted octanol–water partition coefficient (Wildman–Crippen LogP) is 0.141. The van der Waals surface area contributed by atoms with Crippen LogP contribution in [0.15, 0.2) is 35.2 Å². The van der Waals surface area contributed by atoms with Crippen LogP contribution in [0.2, 0.25) is 0 Å². The molecule has 1 aliphatic heterocycles. The summed E-state index contributed by atoms with van der Waals surface area (Å²) in [6.45, 7) is 3.18. The Morgan fingerprint density at radius 1 is 1.28 bits per heavy atom. The molecule has 0 bridgehead atoms. The molecule has 0 radical (unpaired) electrons. The molecule has 1 atom stereocenters. The van der Waals surface area contributed by atoms with E-state index in [-0.39, 0.29) is 11.9 Å². The number of hydrogen-bond acceptors (Lipinski definition) is 6. The molecule has 2 aromatic heterocycles. The van der Waals surface area contributed by atoms with E-state index in [2.05, 4.69) is 25.2 Å². The second kappa shape index (κ2) is 7.95. The summed E-state index contributed by atoms with van der Waals surface area (Å²) in [5.74, 6) is -1.29. The first-order valence-corrected chi connectivity index (χ1v) is 8.07. The summed E-state index contributed by atoms with van der Waals surface area (Å²) in [5.41, 5.74) is 1.07. The summed E-state index contributed by atoms with van der Waals surface area (Å²) in [6, 6.07) is 5.41. The Bertz CT molecular complexity index is 706. The highest BCUT2D eigenvalue weighted by atomic mass is 16.5. The molecule has 0 aromatic carbocycles. The van der Waals surface area contributed by atoms with Crippen LogP contribution in [-0.2, 0) is 21.4 Å². The third-order valence-electron chi connectivity index (χ3n) is 4.15. The van der Waals surface area contributed by atoms with Gasteiger partial charge in [-0.15, -0.1) is 0 Å². The van der Waals surface area contributed by atoms with Gasteiger partial charge in [0.25, 0.3) is 0 Å². The molecule has 134 valence electrons. The van der Waals surface area contributed by atoms with Gasteiger partial charge in [0.2, 0.25) is 0 Å². The van der Waals surface area contributed by atoms with Gasteiger partial charge >= 0.3 is 11.8 Å². The number of hydrogen-bond donors (Lipinski definition) is 2. The molecule has 1 fully saturated rings. The number of morpholine rings is 1. The Hall–Kier alpha value is -2.65. The van der Waals surface area contributed by atoms with Crippen LogP contribution in [0.3, 0.4) is 0 Å². The van der Waals surface area contributed by atoms with Crippen LogP contribution in [0.25, 0.3) is 0 Å². The third-order valence-corrected chi connectivity index (χ3v) is 4.15. The van der Waals surface area contributed by atoms with E-state index in [9.17, 15) is 9.59 Å². The van der Waals surface area contributed by atoms with Crippen LogP contribution in [0.1, 0.15) is 11.7 Å². The number of nitrogens with zero attached hydrogens (tertiary/aromatic N) is 3. The van der Waals surface area contributed by atoms with Crippen LogP contribution in [-0.4, -0.2) is 59.3 Å². The zero-order valence-electron chi connectivity index (χ0n) is 14.0. The lowest BCUT2D eigenvalue weighted by Crippen LogP contribution is -2.46. The minimum atomic E-state index is -0.776. The molecule has 3 heterocycles. The Balaban J connectivity index is 1.62. The number of amides is 2. The van der Waals surface area contributed by atoms with Crippen molar-refractivity contribution in [1.29, 1.82) is 0 Å². The maximum atomic E-state index is 12.1. The topological polar surface area (TPSA) is 102 Å². The Morgan fingerprint density at radius 2 is 2.08 bits per heavy atom. The smallest absolute Gasteiger partial charge is 0.314 e. The van der Waals surface area contributed by atoms with Gasteiger partial charge in [0, 0.05) is 44.6 Å². The number of ether oxygens (including phenoxy) is 1. The van der Waals surface area contributed by atoms with Crippen LogP contribution in [0.4, 0.5) is 5.82 Å². The average molecular weight is 347 g/mol. The summed E-state index contributed by atoms with van der Waals surface area (Å²) in [4.78, 5) is 26.2. The van der Waals surface area contributed by atoms with E-state index < -0.39 is 11.8 Å². The average Bonchev–Trinajstić information content (AvgIpc) is 3.28. The fourth-order valence-electron chi connectivity index (χ4n) is 2.85. The molecule has 2 amide bonds. The molecule has 2 N–H and O–H groups in total. The molecule has 25 heavy (non-hydrogen) atoms. The van der Waals surface area contributed by atoms with Crippen molar-refractivity contribution in [3.8, 4) is 0 Å². The molecule has 1 unspecified atom stereocenters. The molecule has 0 aliphatic carbocycles. The molecule has 0 spiro atoms. The van der Waals surface area contributed by atoms with E-state index in [0.717, 1.165) is 18.8 Å². The minimum Gasteiger partial charge on any atom is -0.379 e. The van der Waals surface area contributed by atoms with Gasteiger partial charge in [0.05, 0.1) is 19.3 Å². The molecule has 2 aromatic rings. The highest BCUT2D eigenvalue weighted by molar-refractivity contribution is 6.39. The molecule has 3 rings (SSSR count). The second-order valence-corrected chi connectivity index (χ2v) is 5.76. The van der Waals surface area contributed by atoms with Gasteiger partial charge in [-0.25, -0.2) is 0 Å². The van der Waals surface area contributed by atoms with Gasteiger partial charge in [-0.3, -0.25) is 19.8 Å². The van der Waals surface area contributed by atoms with Crippen molar-refractivity contribution in [3.63, 3.8) is 0 Å². The van der Waals surface area contributed by atoms with Crippen LogP contribution in [0, 0.1) is 0 Å². The first-order valence-electron chi connectivity index (χ1n) is 8.07. The van der Waals surface area contributed by atoms with Crippen LogP contribution in [0.5, 0.6) is 0 Å². The minimum absolute atomic E-state index is 0.0345. The number of rotatable bonds is 5. The molecular formula is C16H21N5O4. The quantitative estimate of drug-likeness (QED) is 0.746. The van der Waals surface area contributed by atoms with Gasteiger partial charge in [-0.1, -0.05) is 5.16 Å². The molecule has 1 saturated heterocycles. The van der Waals surface area contributed by atoms with E-state index >= 15 is 0 Å². The SMILES string of the molecule is Cn1cccc1C(CNC(=O)C(=O)Nc1ccon1)N1CCOCC1. The maximum Gasteiger partial charge on any atom is 0.314 e. The van der Waals surface area contributed by atoms with Crippen LogP contribution < -0.4 is 10.6 Å². The standard InChI is InChI=1S/C16H21N5O4/c1-20-5-2-3-12(20)13(21-6-9-24-10-7-21)11-17-15(22)16(23)18-14-4-8-25-19-14/h2-5,8,13H,6-7,9-11H2,1H3,(H,17,22)(H,18,19,23). The second-order valence-electron chi connectivity index (χ2n) is 5.76. The number of carbonyl (C=O) groups excluding carboxylic acids is 2. The van der Waals surface area contributed by atoms with Gasteiger partial charge in [0.15, 0.2) is 5.82 Å².